The molecule has 1 aliphatic heterocycles. The molecule has 1 fully saturated rings. The van der Waals surface area contributed by atoms with Gasteiger partial charge in [-0.1, -0.05) is 60.7 Å². The van der Waals surface area contributed by atoms with Gasteiger partial charge in [0.2, 0.25) is 0 Å². The highest BCUT2D eigenvalue weighted by atomic mass is 16.5. The Bertz CT molecular complexity index is 732. The zero-order valence-corrected chi connectivity index (χ0v) is 14.0. The van der Waals surface area contributed by atoms with Gasteiger partial charge in [-0.15, -0.1) is 0 Å². The van der Waals surface area contributed by atoms with Crippen LogP contribution in [0.3, 0.4) is 0 Å². The van der Waals surface area contributed by atoms with Gasteiger partial charge in [-0.05, 0) is 11.1 Å². The van der Waals surface area contributed by atoms with E-state index in [2.05, 4.69) is 0 Å². The lowest BCUT2D eigenvalue weighted by molar-refractivity contribution is -0.143. The molecule has 2 unspecified atom stereocenters. The maximum atomic E-state index is 12.9. The van der Waals surface area contributed by atoms with E-state index < -0.39 is 18.0 Å². The number of rotatable bonds is 5. The van der Waals surface area contributed by atoms with Crippen LogP contribution in [0.4, 0.5) is 0 Å². The van der Waals surface area contributed by atoms with Gasteiger partial charge in [-0.25, -0.2) is 0 Å². The molecule has 0 saturated carbocycles. The van der Waals surface area contributed by atoms with E-state index in [4.69, 9.17) is 4.74 Å². The molecule has 130 valence electrons. The van der Waals surface area contributed by atoms with Gasteiger partial charge in [0.25, 0.3) is 5.91 Å². The normalized spacial score (nSPS) is 21.1. The molecule has 0 bridgehead atoms. The van der Waals surface area contributed by atoms with E-state index in [0.717, 1.165) is 11.1 Å². The van der Waals surface area contributed by atoms with Crippen LogP contribution in [-0.2, 0) is 14.3 Å². The standard InChI is InChI=1S/C20H21NO4/c1-25-18(15-10-6-3-7-11-15)19(22)21-12-16(17(13-21)20(23)24)14-8-4-2-5-9-14/h2-11,16-18H,12-13H2,1H3,(H,23,24)/t16?,17?,18-/m1/s1. The van der Waals surface area contributed by atoms with E-state index >= 15 is 0 Å². The Labute approximate surface area is 146 Å². The second-order valence-corrected chi connectivity index (χ2v) is 6.23. The molecule has 0 aliphatic carbocycles. The molecule has 1 amide bonds. The molecule has 1 aliphatic rings. The first kappa shape index (κ1) is 17.2. The fourth-order valence-electron chi connectivity index (χ4n) is 3.45. The van der Waals surface area contributed by atoms with Crippen LogP contribution in [0.25, 0.3) is 0 Å². The Morgan fingerprint density at radius 3 is 2.20 bits per heavy atom. The summed E-state index contributed by atoms with van der Waals surface area (Å²) in [5, 5.41) is 9.59. The summed E-state index contributed by atoms with van der Waals surface area (Å²) in [4.78, 5) is 26.2. The largest absolute Gasteiger partial charge is 0.481 e. The number of likely N-dealkylation sites (tertiary alicyclic amines) is 1. The van der Waals surface area contributed by atoms with Crippen LogP contribution >= 0.6 is 0 Å². The predicted molar refractivity (Wildman–Crippen MR) is 93.1 cm³/mol. The number of amides is 1. The molecule has 1 saturated heterocycles. The van der Waals surface area contributed by atoms with Gasteiger partial charge in [0.05, 0.1) is 5.92 Å². The third-order valence-electron chi connectivity index (χ3n) is 4.74. The number of methoxy groups -OCH3 is 1. The fraction of sp³-hybridized carbons (Fsp3) is 0.300. The number of ether oxygens (including phenoxy) is 1. The summed E-state index contributed by atoms with van der Waals surface area (Å²) in [7, 11) is 1.50. The van der Waals surface area contributed by atoms with Gasteiger partial charge in [0.1, 0.15) is 0 Å². The number of carbonyl (C=O) groups is 2. The number of aliphatic carboxylic acids is 1. The molecule has 5 heteroatoms. The summed E-state index contributed by atoms with van der Waals surface area (Å²) in [5.74, 6) is -1.90. The number of carboxylic acid groups (broad SMARTS) is 1. The SMILES string of the molecule is CO[C@@H](C(=O)N1CC(C(=O)O)C(c2ccccc2)C1)c1ccccc1. The van der Waals surface area contributed by atoms with Crippen molar-refractivity contribution in [3.05, 3.63) is 71.8 Å². The van der Waals surface area contributed by atoms with Crippen molar-refractivity contribution in [1.82, 2.24) is 4.90 Å². The van der Waals surface area contributed by atoms with Gasteiger partial charge >= 0.3 is 5.97 Å². The Balaban J connectivity index is 1.83. The van der Waals surface area contributed by atoms with E-state index in [-0.39, 0.29) is 18.4 Å². The van der Waals surface area contributed by atoms with Crippen molar-refractivity contribution in [3.63, 3.8) is 0 Å². The lowest BCUT2D eigenvalue weighted by Crippen LogP contribution is -2.35. The number of benzene rings is 2. The Hall–Kier alpha value is -2.66. The Kier molecular flexibility index (Phi) is 5.14. The molecule has 0 aromatic heterocycles. The molecule has 2 aromatic rings. The number of hydrogen-bond donors (Lipinski definition) is 1. The highest BCUT2D eigenvalue weighted by molar-refractivity contribution is 5.84. The van der Waals surface area contributed by atoms with E-state index in [1.165, 1.54) is 7.11 Å². The molecule has 3 atom stereocenters. The molecular formula is C20H21NO4. The van der Waals surface area contributed by atoms with Crippen LogP contribution < -0.4 is 0 Å². The average Bonchev–Trinajstić information content (AvgIpc) is 3.10. The van der Waals surface area contributed by atoms with Crippen LogP contribution in [0, 0.1) is 5.92 Å². The van der Waals surface area contributed by atoms with E-state index in [1.54, 1.807) is 4.90 Å². The minimum absolute atomic E-state index is 0.195. The molecule has 0 radical (unpaired) electrons. The van der Waals surface area contributed by atoms with Crippen molar-refractivity contribution >= 4 is 11.9 Å². The summed E-state index contributed by atoms with van der Waals surface area (Å²) >= 11 is 0. The Morgan fingerprint density at radius 2 is 1.64 bits per heavy atom. The lowest BCUT2D eigenvalue weighted by atomic mass is 9.89. The van der Waals surface area contributed by atoms with Crippen LogP contribution in [-0.4, -0.2) is 42.1 Å². The quantitative estimate of drug-likeness (QED) is 0.909. The van der Waals surface area contributed by atoms with Crippen molar-refractivity contribution in [2.75, 3.05) is 20.2 Å². The fourth-order valence-corrected chi connectivity index (χ4v) is 3.45. The minimum atomic E-state index is -0.877. The molecule has 3 rings (SSSR count). The van der Waals surface area contributed by atoms with Crippen molar-refractivity contribution in [3.8, 4) is 0 Å². The van der Waals surface area contributed by atoms with Crippen LogP contribution in [0.15, 0.2) is 60.7 Å². The molecular weight excluding hydrogens is 318 g/mol. The summed E-state index contributed by atoms with van der Waals surface area (Å²) in [6, 6.07) is 18.8. The molecule has 25 heavy (non-hydrogen) atoms. The maximum Gasteiger partial charge on any atom is 0.308 e. The topological polar surface area (TPSA) is 66.8 Å². The predicted octanol–water partition coefficient (Wildman–Crippen LogP) is 2.70. The first-order valence-corrected chi connectivity index (χ1v) is 8.26. The van der Waals surface area contributed by atoms with Gasteiger partial charge in [-0.2, -0.15) is 0 Å². The number of hydrogen-bond acceptors (Lipinski definition) is 3. The minimum Gasteiger partial charge on any atom is -0.481 e. The summed E-state index contributed by atoms with van der Waals surface area (Å²) in [6.45, 7) is 0.576. The highest BCUT2D eigenvalue weighted by Gasteiger charge is 2.42. The van der Waals surface area contributed by atoms with Crippen LogP contribution in [0.2, 0.25) is 0 Å². The number of carboxylic acids is 1. The molecule has 1 heterocycles. The third kappa shape index (κ3) is 3.56. The van der Waals surface area contributed by atoms with Crippen molar-refractivity contribution in [2.24, 2.45) is 5.92 Å². The van der Waals surface area contributed by atoms with Crippen molar-refractivity contribution in [2.45, 2.75) is 12.0 Å². The zero-order chi connectivity index (χ0) is 17.8. The Morgan fingerprint density at radius 1 is 1.04 bits per heavy atom. The van der Waals surface area contributed by atoms with Gasteiger partial charge in [0.15, 0.2) is 6.10 Å². The van der Waals surface area contributed by atoms with Gasteiger partial charge in [-0.3, -0.25) is 9.59 Å². The molecule has 0 spiro atoms. The summed E-state index contributed by atoms with van der Waals surface area (Å²) in [6.07, 6.45) is -0.717. The molecule has 5 nitrogen and oxygen atoms in total. The zero-order valence-electron chi connectivity index (χ0n) is 14.0. The van der Waals surface area contributed by atoms with Crippen molar-refractivity contribution in [1.29, 1.82) is 0 Å². The highest BCUT2D eigenvalue weighted by Crippen LogP contribution is 2.34. The maximum absolute atomic E-state index is 12.9. The van der Waals surface area contributed by atoms with Crippen LogP contribution in [0.5, 0.6) is 0 Å². The summed E-state index contributed by atoms with van der Waals surface area (Å²) in [5.41, 5.74) is 1.71. The third-order valence-corrected chi connectivity index (χ3v) is 4.74. The second kappa shape index (κ2) is 7.49. The molecule has 1 N–H and O–H groups in total. The van der Waals surface area contributed by atoms with Crippen molar-refractivity contribution < 1.29 is 19.4 Å². The van der Waals surface area contributed by atoms with E-state index in [0.29, 0.717) is 6.54 Å². The average molecular weight is 339 g/mol. The van der Waals surface area contributed by atoms with Gasteiger partial charge < -0.3 is 14.7 Å². The van der Waals surface area contributed by atoms with E-state index in [9.17, 15) is 14.7 Å². The first-order valence-electron chi connectivity index (χ1n) is 8.26. The smallest absolute Gasteiger partial charge is 0.308 e. The monoisotopic (exact) mass is 339 g/mol. The lowest BCUT2D eigenvalue weighted by Gasteiger charge is -2.23. The molecule has 2 aromatic carbocycles. The number of carbonyl (C=O) groups excluding carboxylic acids is 1. The second-order valence-electron chi connectivity index (χ2n) is 6.23. The van der Waals surface area contributed by atoms with Crippen LogP contribution in [0.1, 0.15) is 23.1 Å². The summed E-state index contributed by atoms with van der Waals surface area (Å²) < 4.78 is 5.41. The first-order chi connectivity index (χ1) is 12.1. The van der Waals surface area contributed by atoms with E-state index in [1.807, 2.05) is 60.7 Å². The number of nitrogens with zero attached hydrogens (tertiary/aromatic N) is 1. The van der Waals surface area contributed by atoms with Gasteiger partial charge in [0, 0.05) is 26.1 Å².